The molecule has 0 aliphatic heterocycles. The summed E-state index contributed by atoms with van der Waals surface area (Å²) in [4.78, 5) is 19.2. The van der Waals surface area contributed by atoms with Crippen molar-refractivity contribution >= 4 is 16.9 Å². The number of H-pyrrole nitrogens is 1. The van der Waals surface area contributed by atoms with Gasteiger partial charge in [0.25, 0.3) is 5.89 Å². The lowest BCUT2D eigenvalue weighted by atomic mass is 10.0. The number of carboxylic acids is 1. The van der Waals surface area contributed by atoms with Gasteiger partial charge in [-0.15, -0.1) is 0 Å². The molecule has 8 nitrogen and oxygen atoms in total. The van der Waals surface area contributed by atoms with Gasteiger partial charge in [-0.3, -0.25) is 4.79 Å². The van der Waals surface area contributed by atoms with Crippen LogP contribution >= 0.6 is 0 Å². The first-order valence-electron chi connectivity index (χ1n) is 12.0. The number of aliphatic carboxylic acids is 1. The highest BCUT2D eigenvalue weighted by atomic mass is 16.5. The molecule has 2 aliphatic carbocycles. The van der Waals surface area contributed by atoms with Gasteiger partial charge >= 0.3 is 5.97 Å². The molecule has 2 N–H and O–H groups in total. The Morgan fingerprint density at radius 1 is 1.17 bits per heavy atom. The number of nitrogens with one attached hydrogen (secondary N) is 1. The lowest BCUT2D eigenvalue weighted by molar-refractivity contribution is -0.137. The van der Waals surface area contributed by atoms with Crippen LogP contribution in [0.4, 0.5) is 0 Å². The van der Waals surface area contributed by atoms with E-state index in [-0.39, 0.29) is 18.4 Å². The number of carbonyl (C=O) groups is 1. The predicted octanol–water partition coefficient (Wildman–Crippen LogP) is 5.58. The average molecular weight is 469 g/mol. The Morgan fingerprint density at radius 3 is 2.83 bits per heavy atom. The fraction of sp³-hybridized carbons (Fsp3) is 0.333. The summed E-state index contributed by atoms with van der Waals surface area (Å²) in [7, 11) is 0. The van der Waals surface area contributed by atoms with Crippen LogP contribution in [0.25, 0.3) is 33.7 Å². The lowest BCUT2D eigenvalue weighted by Gasteiger charge is -2.13. The van der Waals surface area contributed by atoms with E-state index in [0.29, 0.717) is 28.6 Å². The van der Waals surface area contributed by atoms with Gasteiger partial charge in [0.05, 0.1) is 24.2 Å². The molecule has 0 radical (unpaired) electrons. The first-order chi connectivity index (χ1) is 17.1. The average Bonchev–Trinajstić information content (AvgIpc) is 3.64. The minimum Gasteiger partial charge on any atom is -0.490 e. The number of aromatic amines is 1. The number of aryl methyl sites for hydroxylation is 1. The third-order valence-electron chi connectivity index (χ3n) is 7.08. The topological polar surface area (TPSA) is 125 Å². The number of aromatic nitrogens is 3. The van der Waals surface area contributed by atoms with Crippen molar-refractivity contribution in [3.8, 4) is 34.7 Å². The monoisotopic (exact) mass is 468 g/mol. The van der Waals surface area contributed by atoms with Gasteiger partial charge in [0.15, 0.2) is 0 Å². The van der Waals surface area contributed by atoms with Gasteiger partial charge in [0, 0.05) is 33.6 Å². The smallest absolute Gasteiger partial charge is 0.304 e. The third kappa shape index (κ3) is 4.03. The molecule has 1 unspecified atom stereocenters. The molecule has 0 saturated heterocycles. The molecule has 2 aromatic carbocycles. The first kappa shape index (κ1) is 21.4. The fourth-order valence-electron chi connectivity index (χ4n) is 5.42. The minimum absolute atomic E-state index is 0.0168. The van der Waals surface area contributed by atoms with Gasteiger partial charge in [-0.2, -0.15) is 10.2 Å². The molecule has 0 spiro atoms. The van der Waals surface area contributed by atoms with Crippen molar-refractivity contribution < 1.29 is 19.2 Å². The van der Waals surface area contributed by atoms with Gasteiger partial charge < -0.3 is 19.4 Å². The summed E-state index contributed by atoms with van der Waals surface area (Å²) in [5, 5.41) is 24.0. The number of nitriles is 1. The highest BCUT2D eigenvalue weighted by Gasteiger charge is 2.28. The summed E-state index contributed by atoms with van der Waals surface area (Å²) < 4.78 is 11.7. The van der Waals surface area contributed by atoms with Gasteiger partial charge in [-0.1, -0.05) is 5.16 Å². The van der Waals surface area contributed by atoms with Crippen LogP contribution in [0.2, 0.25) is 0 Å². The summed E-state index contributed by atoms with van der Waals surface area (Å²) in [6.07, 6.45) is 6.38. The van der Waals surface area contributed by atoms with Crippen LogP contribution in [0.1, 0.15) is 61.3 Å². The van der Waals surface area contributed by atoms with E-state index in [1.54, 1.807) is 12.1 Å². The third-order valence-corrected chi connectivity index (χ3v) is 7.08. The second-order valence-electron chi connectivity index (χ2n) is 9.42. The Hall–Kier alpha value is -4.12. The van der Waals surface area contributed by atoms with Crippen LogP contribution in [0.3, 0.4) is 0 Å². The summed E-state index contributed by atoms with van der Waals surface area (Å²) in [5.74, 6) is 0.666. The van der Waals surface area contributed by atoms with Crippen LogP contribution in [0.15, 0.2) is 40.9 Å². The van der Waals surface area contributed by atoms with Crippen molar-refractivity contribution in [1.29, 1.82) is 5.26 Å². The second kappa shape index (κ2) is 8.58. The normalized spacial score (nSPS) is 17.5. The van der Waals surface area contributed by atoms with E-state index in [0.717, 1.165) is 60.7 Å². The molecule has 1 saturated carbocycles. The van der Waals surface area contributed by atoms with Crippen LogP contribution in [-0.4, -0.2) is 32.3 Å². The maximum atomic E-state index is 11.2. The van der Waals surface area contributed by atoms with E-state index in [9.17, 15) is 15.2 Å². The molecule has 0 bridgehead atoms. The molecule has 2 heterocycles. The zero-order valence-corrected chi connectivity index (χ0v) is 19.1. The summed E-state index contributed by atoms with van der Waals surface area (Å²) in [6.45, 7) is 0. The summed E-state index contributed by atoms with van der Waals surface area (Å²) in [5.41, 5.74) is 5.12. The minimum atomic E-state index is -0.779. The Balaban J connectivity index is 1.31. The molecule has 35 heavy (non-hydrogen) atoms. The van der Waals surface area contributed by atoms with Crippen LogP contribution in [0, 0.1) is 11.3 Å². The van der Waals surface area contributed by atoms with E-state index in [1.807, 2.05) is 24.3 Å². The number of ether oxygens (including phenoxy) is 1. The molecule has 176 valence electrons. The molecule has 2 aromatic heterocycles. The second-order valence-corrected chi connectivity index (χ2v) is 9.42. The highest BCUT2D eigenvalue weighted by molar-refractivity contribution is 5.89. The molecule has 0 amide bonds. The van der Waals surface area contributed by atoms with Gasteiger partial charge in [-0.05, 0) is 80.5 Å². The van der Waals surface area contributed by atoms with E-state index in [1.165, 1.54) is 5.56 Å². The largest absolute Gasteiger partial charge is 0.490 e. The molecule has 1 fully saturated rings. The van der Waals surface area contributed by atoms with Gasteiger partial charge in [-0.25, -0.2) is 0 Å². The number of nitrogens with zero attached hydrogens (tertiary/aromatic N) is 3. The molecular weight excluding hydrogens is 444 g/mol. The molecule has 4 aromatic rings. The zero-order chi connectivity index (χ0) is 23.9. The van der Waals surface area contributed by atoms with Crippen molar-refractivity contribution in [2.45, 2.75) is 57.0 Å². The Bertz CT molecular complexity index is 1470. The SMILES string of the molecule is N#Cc1cc(OC2CCCC2)cc(-c2nc(-c3ccc4[nH]c5c(c4c3)CCC5CC(=O)O)no2)c1. The molecule has 2 aliphatic rings. The number of benzene rings is 2. The van der Waals surface area contributed by atoms with Crippen molar-refractivity contribution in [2.75, 3.05) is 0 Å². The molecule has 6 rings (SSSR count). The fourth-order valence-corrected chi connectivity index (χ4v) is 5.42. The standard InChI is InChI=1S/C27H24N4O4/c28-14-15-9-18(11-20(10-15)34-19-3-1-2-4-19)27-30-26(31-35-27)17-6-8-23-22(12-17)21-7-5-16(13-24(32)33)25(21)29-23/h6,8-12,16,19,29H,1-5,7,13H2,(H,32,33). The summed E-state index contributed by atoms with van der Waals surface area (Å²) >= 11 is 0. The van der Waals surface area contributed by atoms with E-state index >= 15 is 0 Å². The highest BCUT2D eigenvalue weighted by Crippen LogP contribution is 2.40. The predicted molar refractivity (Wildman–Crippen MR) is 128 cm³/mol. The number of fused-ring (bicyclic) bond motifs is 3. The molecule has 8 heteroatoms. The van der Waals surface area contributed by atoms with E-state index in [2.05, 4.69) is 21.2 Å². The lowest BCUT2D eigenvalue weighted by Crippen LogP contribution is -2.10. The number of hydrogen-bond acceptors (Lipinski definition) is 6. The number of hydrogen-bond donors (Lipinski definition) is 2. The summed E-state index contributed by atoms with van der Waals surface area (Å²) in [6, 6.07) is 13.4. The number of carboxylic acid groups (broad SMARTS) is 1. The van der Waals surface area contributed by atoms with Crippen molar-refractivity contribution in [3.05, 3.63) is 53.2 Å². The maximum Gasteiger partial charge on any atom is 0.304 e. The van der Waals surface area contributed by atoms with E-state index < -0.39 is 5.97 Å². The Labute approximate surface area is 201 Å². The Kier molecular flexibility index (Phi) is 5.25. The number of rotatable bonds is 6. The van der Waals surface area contributed by atoms with Crippen LogP contribution in [-0.2, 0) is 11.2 Å². The quantitative estimate of drug-likeness (QED) is 0.378. The Morgan fingerprint density at radius 2 is 2.03 bits per heavy atom. The zero-order valence-electron chi connectivity index (χ0n) is 19.1. The molecule has 1 atom stereocenters. The molecular formula is C27H24N4O4. The van der Waals surface area contributed by atoms with Crippen molar-refractivity contribution in [3.63, 3.8) is 0 Å². The maximum absolute atomic E-state index is 11.2. The van der Waals surface area contributed by atoms with Gasteiger partial charge in [0.1, 0.15) is 5.75 Å². The van der Waals surface area contributed by atoms with Crippen molar-refractivity contribution in [1.82, 2.24) is 15.1 Å². The first-order valence-corrected chi connectivity index (χ1v) is 12.0. The van der Waals surface area contributed by atoms with Crippen LogP contribution in [0.5, 0.6) is 5.75 Å². The van der Waals surface area contributed by atoms with Crippen LogP contribution < -0.4 is 4.74 Å². The van der Waals surface area contributed by atoms with Crippen molar-refractivity contribution in [2.24, 2.45) is 0 Å². The van der Waals surface area contributed by atoms with E-state index in [4.69, 9.17) is 9.26 Å². The van der Waals surface area contributed by atoms with Gasteiger partial charge in [0.2, 0.25) is 5.82 Å².